The number of nitriles is 1. The predicted molar refractivity (Wildman–Crippen MR) is 73.6 cm³/mol. The lowest BCUT2D eigenvalue weighted by Crippen LogP contribution is -2.01. The maximum absolute atomic E-state index is 13.3. The number of nitrogens with zero attached hydrogens (tertiary/aromatic N) is 2. The Kier molecular flexibility index (Phi) is 3.77. The number of benzene rings is 1. The molecule has 1 N–H and O–H groups in total. The quantitative estimate of drug-likeness (QED) is 0.931. The van der Waals surface area contributed by atoms with E-state index in [1.165, 1.54) is 12.1 Å². The fourth-order valence-electron chi connectivity index (χ4n) is 1.85. The molecule has 0 unspecified atom stereocenters. The minimum absolute atomic E-state index is 0.105. The van der Waals surface area contributed by atoms with E-state index in [-0.39, 0.29) is 5.02 Å². The van der Waals surface area contributed by atoms with Crippen molar-refractivity contribution >= 4 is 17.3 Å². The van der Waals surface area contributed by atoms with Gasteiger partial charge in [0.15, 0.2) is 0 Å². The summed E-state index contributed by atoms with van der Waals surface area (Å²) in [4.78, 5) is 0. The molecule has 0 radical (unpaired) electrons. The zero-order valence-electron chi connectivity index (χ0n) is 10.7. The third-order valence-corrected chi connectivity index (χ3v) is 3.46. The Hall–Kier alpha value is -1.99. The van der Waals surface area contributed by atoms with Crippen molar-refractivity contribution in [2.24, 2.45) is 7.05 Å². The van der Waals surface area contributed by atoms with E-state index in [4.69, 9.17) is 16.9 Å². The molecule has 2 aromatic rings. The van der Waals surface area contributed by atoms with Crippen molar-refractivity contribution in [1.29, 1.82) is 5.26 Å². The average Bonchev–Trinajstić information content (AvgIpc) is 2.67. The second kappa shape index (κ2) is 5.33. The molecule has 0 aliphatic heterocycles. The molecule has 0 aliphatic rings. The molecule has 0 spiro atoms. The van der Waals surface area contributed by atoms with Gasteiger partial charge in [-0.3, -0.25) is 0 Å². The van der Waals surface area contributed by atoms with Crippen LogP contribution in [-0.4, -0.2) is 4.57 Å². The maximum Gasteiger partial charge on any atom is 0.143 e. The first-order valence-corrected chi connectivity index (χ1v) is 6.15. The number of rotatable bonds is 3. The van der Waals surface area contributed by atoms with E-state index in [0.29, 0.717) is 17.9 Å². The summed E-state index contributed by atoms with van der Waals surface area (Å²) in [6.07, 6.45) is 0. The van der Waals surface area contributed by atoms with Crippen molar-refractivity contribution in [2.45, 2.75) is 13.5 Å². The van der Waals surface area contributed by atoms with Crippen molar-refractivity contribution in [2.75, 3.05) is 5.32 Å². The van der Waals surface area contributed by atoms with Gasteiger partial charge in [-0.15, -0.1) is 0 Å². The van der Waals surface area contributed by atoms with Gasteiger partial charge in [-0.2, -0.15) is 5.26 Å². The number of nitrogens with one attached hydrogen (secondary N) is 1. The van der Waals surface area contributed by atoms with Crippen LogP contribution in [0.25, 0.3) is 0 Å². The summed E-state index contributed by atoms with van der Waals surface area (Å²) < 4.78 is 15.1. The van der Waals surface area contributed by atoms with Gasteiger partial charge in [0.2, 0.25) is 0 Å². The Bertz CT molecular complexity index is 655. The van der Waals surface area contributed by atoms with Crippen LogP contribution in [0, 0.1) is 24.1 Å². The van der Waals surface area contributed by atoms with Crippen LogP contribution in [0.3, 0.4) is 0 Å². The minimum atomic E-state index is -0.450. The molecule has 1 aromatic heterocycles. The number of aromatic nitrogens is 1. The molecular weight excluding hydrogens is 265 g/mol. The highest BCUT2D eigenvalue weighted by Crippen LogP contribution is 2.20. The Morgan fingerprint density at radius 2 is 2.16 bits per heavy atom. The van der Waals surface area contributed by atoms with Gasteiger partial charge >= 0.3 is 0 Å². The van der Waals surface area contributed by atoms with Gasteiger partial charge in [-0.25, -0.2) is 4.39 Å². The van der Waals surface area contributed by atoms with Crippen molar-refractivity contribution in [1.82, 2.24) is 4.57 Å². The average molecular weight is 278 g/mol. The molecule has 1 heterocycles. The van der Waals surface area contributed by atoms with E-state index in [0.717, 1.165) is 11.3 Å². The fraction of sp³-hybridized carbons (Fsp3) is 0.214. The first kappa shape index (κ1) is 13.4. The molecule has 0 aliphatic carbocycles. The van der Waals surface area contributed by atoms with Crippen LogP contribution < -0.4 is 5.32 Å². The van der Waals surface area contributed by atoms with Gasteiger partial charge in [0.25, 0.3) is 0 Å². The normalized spacial score (nSPS) is 10.3. The molecule has 1 aromatic carbocycles. The Morgan fingerprint density at radius 3 is 2.74 bits per heavy atom. The van der Waals surface area contributed by atoms with Crippen molar-refractivity contribution in [3.05, 3.63) is 52.1 Å². The summed E-state index contributed by atoms with van der Waals surface area (Å²) in [5, 5.41) is 12.2. The molecule has 98 valence electrons. The van der Waals surface area contributed by atoms with Crippen LogP contribution in [0.1, 0.15) is 17.0 Å². The highest BCUT2D eigenvalue weighted by molar-refractivity contribution is 6.30. The lowest BCUT2D eigenvalue weighted by Gasteiger charge is -2.07. The first-order valence-electron chi connectivity index (χ1n) is 5.77. The van der Waals surface area contributed by atoms with Crippen LogP contribution in [0.4, 0.5) is 10.1 Å². The Labute approximate surface area is 116 Å². The van der Waals surface area contributed by atoms with Crippen molar-refractivity contribution in [3.63, 3.8) is 0 Å². The zero-order chi connectivity index (χ0) is 14.0. The summed E-state index contributed by atoms with van der Waals surface area (Å²) in [6, 6.07) is 8.54. The van der Waals surface area contributed by atoms with Gasteiger partial charge in [-0.1, -0.05) is 11.6 Å². The summed E-state index contributed by atoms with van der Waals surface area (Å²) in [5.41, 5.74) is 3.29. The largest absolute Gasteiger partial charge is 0.381 e. The van der Waals surface area contributed by atoms with Crippen LogP contribution in [-0.2, 0) is 13.6 Å². The number of halogens is 2. The Balaban J connectivity index is 2.15. The van der Waals surface area contributed by atoms with Gasteiger partial charge in [0, 0.05) is 25.0 Å². The van der Waals surface area contributed by atoms with Crippen LogP contribution in [0.15, 0.2) is 24.3 Å². The smallest absolute Gasteiger partial charge is 0.143 e. The molecule has 0 bridgehead atoms. The summed E-state index contributed by atoms with van der Waals surface area (Å²) in [7, 11) is 1.85. The second-order valence-corrected chi connectivity index (χ2v) is 4.70. The molecule has 0 fully saturated rings. The van der Waals surface area contributed by atoms with Crippen LogP contribution in [0.2, 0.25) is 5.02 Å². The van der Waals surface area contributed by atoms with Gasteiger partial charge in [-0.05, 0) is 36.8 Å². The first-order chi connectivity index (χ1) is 9.02. The van der Waals surface area contributed by atoms with Crippen molar-refractivity contribution in [3.8, 4) is 6.07 Å². The fourth-order valence-corrected chi connectivity index (χ4v) is 1.97. The molecule has 3 nitrogen and oxygen atoms in total. The highest BCUT2D eigenvalue weighted by Gasteiger charge is 2.08. The van der Waals surface area contributed by atoms with E-state index < -0.39 is 5.82 Å². The molecule has 0 saturated heterocycles. The molecule has 0 atom stereocenters. The van der Waals surface area contributed by atoms with Gasteiger partial charge in [0.05, 0.1) is 5.02 Å². The lowest BCUT2D eigenvalue weighted by molar-refractivity contribution is 0.628. The van der Waals surface area contributed by atoms with Crippen LogP contribution >= 0.6 is 11.6 Å². The van der Waals surface area contributed by atoms with E-state index in [1.807, 2.05) is 24.6 Å². The lowest BCUT2D eigenvalue weighted by atomic mass is 10.2. The van der Waals surface area contributed by atoms with Gasteiger partial charge < -0.3 is 9.88 Å². The highest BCUT2D eigenvalue weighted by atomic mass is 35.5. The third kappa shape index (κ3) is 2.72. The molecule has 5 heteroatoms. The van der Waals surface area contributed by atoms with E-state index in [2.05, 4.69) is 11.4 Å². The minimum Gasteiger partial charge on any atom is -0.381 e. The van der Waals surface area contributed by atoms with Gasteiger partial charge in [0.1, 0.15) is 17.6 Å². The summed E-state index contributed by atoms with van der Waals surface area (Å²) in [5.74, 6) is -0.450. The summed E-state index contributed by atoms with van der Waals surface area (Å²) in [6.45, 7) is 2.47. The summed E-state index contributed by atoms with van der Waals surface area (Å²) >= 11 is 5.62. The number of hydrogen-bond donors (Lipinski definition) is 1. The van der Waals surface area contributed by atoms with E-state index in [1.54, 1.807) is 6.07 Å². The maximum atomic E-state index is 13.3. The molecule has 19 heavy (non-hydrogen) atoms. The van der Waals surface area contributed by atoms with Crippen molar-refractivity contribution < 1.29 is 4.39 Å². The number of anilines is 1. The molecular formula is C14H13ClFN3. The van der Waals surface area contributed by atoms with E-state index >= 15 is 0 Å². The SMILES string of the molecule is Cc1c(CNc2ccc(Cl)c(F)c2)cc(C#N)n1C. The zero-order valence-corrected chi connectivity index (χ0v) is 11.4. The second-order valence-electron chi connectivity index (χ2n) is 4.29. The topological polar surface area (TPSA) is 40.8 Å². The van der Waals surface area contributed by atoms with E-state index in [9.17, 15) is 4.39 Å². The molecule has 0 amide bonds. The third-order valence-electron chi connectivity index (χ3n) is 3.16. The molecule has 2 rings (SSSR count). The predicted octanol–water partition coefficient (Wildman–Crippen LogP) is 3.61. The van der Waals surface area contributed by atoms with Crippen LogP contribution in [0.5, 0.6) is 0 Å². The number of hydrogen-bond acceptors (Lipinski definition) is 2. The standard InChI is InChI=1S/C14H13ClFN3/c1-9-10(5-12(7-17)19(9)2)8-18-11-3-4-13(15)14(16)6-11/h3-6,18H,8H2,1-2H3. The molecule has 0 saturated carbocycles. The Morgan fingerprint density at radius 1 is 1.42 bits per heavy atom. The monoisotopic (exact) mass is 277 g/mol.